The van der Waals surface area contributed by atoms with Gasteiger partial charge in [0.2, 0.25) is 0 Å². The third kappa shape index (κ3) is 33.9. The summed E-state index contributed by atoms with van der Waals surface area (Å²) in [7, 11) is -4.64. The molecule has 0 spiro atoms. The Hall–Kier alpha value is -2.59. The van der Waals surface area contributed by atoms with Crippen LogP contribution in [0.2, 0.25) is 0 Å². The Morgan fingerprint density at radius 1 is 0.620 bits per heavy atom. The van der Waals surface area contributed by atoms with Crippen LogP contribution in [0.25, 0.3) is 0 Å². The van der Waals surface area contributed by atoms with Gasteiger partial charge in [0, 0.05) is 12.8 Å². The standard InChI is InChI=1S/C39H65O10P/c1-3-5-7-9-11-13-15-17-19-20-22-24-26-28-30-38(42)46-34-37(35-48-50(44,45)47-33-36(41)32-40)49-39(43)31-29-27-25-23-21-18-16-14-12-10-8-6-4-2/h6,8,10,12,14,16,18-21,23,25,36-37,40-41H,3-5,7,9,11,13,15,17,22,24,26-35H2,1-2H3,(H,44,45)/b8-6+,12-10+,16-14+,20-19+,21-18+,25-23+/t36-,37?/m0/s1. The quantitative estimate of drug-likeness (QED) is 0.0197. The Labute approximate surface area is 301 Å². The van der Waals surface area contributed by atoms with Crippen molar-refractivity contribution >= 4 is 19.8 Å². The van der Waals surface area contributed by atoms with E-state index >= 15 is 0 Å². The lowest BCUT2D eigenvalue weighted by molar-refractivity contribution is -0.161. The molecule has 0 aliphatic heterocycles. The van der Waals surface area contributed by atoms with Crippen molar-refractivity contribution in [3.05, 3.63) is 72.9 Å². The fourth-order valence-corrected chi connectivity index (χ4v) is 5.16. The van der Waals surface area contributed by atoms with Gasteiger partial charge in [-0.05, 0) is 51.4 Å². The Bertz CT molecular complexity index is 1060. The molecular weight excluding hydrogens is 659 g/mol. The molecule has 0 fully saturated rings. The topological polar surface area (TPSA) is 149 Å². The molecule has 3 atom stereocenters. The number of carbonyl (C=O) groups excluding carboxylic acids is 2. The van der Waals surface area contributed by atoms with E-state index in [1.165, 1.54) is 44.9 Å². The molecule has 0 bridgehead atoms. The Morgan fingerprint density at radius 2 is 1.14 bits per heavy atom. The van der Waals surface area contributed by atoms with Gasteiger partial charge in [-0.3, -0.25) is 18.6 Å². The number of rotatable bonds is 33. The zero-order valence-corrected chi connectivity index (χ0v) is 31.5. The number of allylic oxidation sites excluding steroid dienone is 12. The largest absolute Gasteiger partial charge is 0.472 e. The number of phosphoric ester groups is 1. The van der Waals surface area contributed by atoms with Crippen molar-refractivity contribution in [1.29, 1.82) is 0 Å². The predicted octanol–water partition coefficient (Wildman–Crippen LogP) is 8.94. The highest BCUT2D eigenvalue weighted by molar-refractivity contribution is 7.47. The van der Waals surface area contributed by atoms with Crippen LogP contribution >= 0.6 is 7.82 Å². The van der Waals surface area contributed by atoms with E-state index in [1.807, 2.05) is 54.7 Å². The van der Waals surface area contributed by atoms with Crippen LogP contribution in [0.4, 0.5) is 0 Å². The molecule has 10 nitrogen and oxygen atoms in total. The van der Waals surface area contributed by atoms with E-state index in [2.05, 4.69) is 36.6 Å². The van der Waals surface area contributed by atoms with Crippen molar-refractivity contribution in [2.24, 2.45) is 0 Å². The Kier molecular flexibility index (Phi) is 33.0. The molecular formula is C39H65O10P. The monoisotopic (exact) mass is 724 g/mol. The minimum absolute atomic E-state index is 0.0813. The first-order chi connectivity index (χ1) is 24.2. The number of phosphoric acid groups is 1. The third-order valence-corrected chi connectivity index (χ3v) is 8.17. The second-order valence-electron chi connectivity index (χ2n) is 12.0. The van der Waals surface area contributed by atoms with Crippen LogP contribution in [0.3, 0.4) is 0 Å². The SMILES string of the molecule is CC/C=C/C=C/C=C/C=C/C=C/CCCC(=O)OC(COC(=O)CCCCC/C=C/CCCCCCCCC)COP(=O)(O)OC[C@@H](O)CO. The molecule has 0 rings (SSSR count). The van der Waals surface area contributed by atoms with Gasteiger partial charge in [0.25, 0.3) is 0 Å². The molecule has 3 N–H and O–H groups in total. The van der Waals surface area contributed by atoms with Crippen molar-refractivity contribution in [3.8, 4) is 0 Å². The highest BCUT2D eigenvalue weighted by Crippen LogP contribution is 2.43. The third-order valence-electron chi connectivity index (χ3n) is 7.22. The van der Waals surface area contributed by atoms with Gasteiger partial charge in [-0.2, -0.15) is 0 Å². The van der Waals surface area contributed by atoms with Crippen LogP contribution in [-0.4, -0.2) is 65.7 Å². The van der Waals surface area contributed by atoms with Crippen molar-refractivity contribution < 1.29 is 47.8 Å². The fourth-order valence-electron chi connectivity index (χ4n) is 4.37. The maximum absolute atomic E-state index is 12.5. The molecule has 0 saturated carbocycles. The molecule has 0 aliphatic carbocycles. The minimum atomic E-state index is -4.64. The van der Waals surface area contributed by atoms with Gasteiger partial charge in [0.1, 0.15) is 12.7 Å². The maximum Gasteiger partial charge on any atom is 0.472 e. The normalized spacial score (nSPS) is 14.9. The summed E-state index contributed by atoms with van der Waals surface area (Å²) in [6, 6.07) is 0. The van der Waals surface area contributed by atoms with Crippen molar-refractivity contribution in [2.75, 3.05) is 26.4 Å². The van der Waals surface area contributed by atoms with Crippen LogP contribution in [0.15, 0.2) is 72.9 Å². The van der Waals surface area contributed by atoms with E-state index < -0.39 is 51.8 Å². The van der Waals surface area contributed by atoms with Crippen molar-refractivity contribution in [3.63, 3.8) is 0 Å². The second-order valence-corrected chi connectivity index (χ2v) is 13.4. The number of carbonyl (C=O) groups is 2. The molecule has 0 aromatic carbocycles. The van der Waals surface area contributed by atoms with Gasteiger partial charge in [-0.1, -0.05) is 132 Å². The summed E-state index contributed by atoms with van der Waals surface area (Å²) in [5, 5.41) is 18.2. The minimum Gasteiger partial charge on any atom is -0.462 e. The van der Waals surface area contributed by atoms with Gasteiger partial charge < -0.3 is 24.6 Å². The van der Waals surface area contributed by atoms with Crippen LogP contribution in [0, 0.1) is 0 Å². The maximum atomic E-state index is 12.5. The van der Waals surface area contributed by atoms with Gasteiger partial charge in [-0.15, -0.1) is 0 Å². The first-order valence-corrected chi connectivity index (χ1v) is 20.0. The molecule has 0 aromatic rings. The van der Waals surface area contributed by atoms with E-state index in [0.29, 0.717) is 19.3 Å². The Balaban J connectivity index is 4.55. The average Bonchev–Trinajstić information content (AvgIpc) is 3.10. The van der Waals surface area contributed by atoms with Crippen LogP contribution < -0.4 is 0 Å². The number of ether oxygens (including phenoxy) is 2. The molecule has 0 radical (unpaired) electrons. The molecule has 0 saturated heterocycles. The number of hydrogen-bond donors (Lipinski definition) is 3. The van der Waals surface area contributed by atoms with Gasteiger partial charge in [0.05, 0.1) is 19.8 Å². The zero-order chi connectivity index (χ0) is 37.0. The van der Waals surface area contributed by atoms with E-state index in [-0.39, 0.29) is 19.4 Å². The smallest absolute Gasteiger partial charge is 0.462 e. The van der Waals surface area contributed by atoms with Crippen LogP contribution in [0.1, 0.15) is 123 Å². The summed E-state index contributed by atoms with van der Waals surface area (Å²) in [6.45, 7) is 2.09. The molecule has 0 aromatic heterocycles. The molecule has 0 aliphatic rings. The lowest BCUT2D eigenvalue weighted by Crippen LogP contribution is -2.29. The molecule has 0 heterocycles. The second kappa shape index (κ2) is 34.8. The molecule has 50 heavy (non-hydrogen) atoms. The number of hydrogen-bond acceptors (Lipinski definition) is 9. The van der Waals surface area contributed by atoms with Gasteiger partial charge in [-0.25, -0.2) is 4.57 Å². The summed E-state index contributed by atoms with van der Waals surface area (Å²) < 4.78 is 32.4. The number of unbranched alkanes of at least 4 members (excludes halogenated alkanes) is 11. The highest BCUT2D eigenvalue weighted by Gasteiger charge is 2.27. The molecule has 286 valence electrons. The highest BCUT2D eigenvalue weighted by atomic mass is 31.2. The fraction of sp³-hybridized carbons (Fsp3) is 0.641. The van der Waals surface area contributed by atoms with Crippen LogP contribution in [0.5, 0.6) is 0 Å². The summed E-state index contributed by atoms with van der Waals surface area (Å²) in [5.74, 6) is -1.04. The summed E-state index contributed by atoms with van der Waals surface area (Å²) in [4.78, 5) is 34.7. The number of esters is 2. The van der Waals surface area contributed by atoms with Crippen molar-refractivity contribution in [2.45, 2.75) is 135 Å². The summed E-state index contributed by atoms with van der Waals surface area (Å²) in [6.07, 6.45) is 37.5. The molecule has 2 unspecified atom stereocenters. The van der Waals surface area contributed by atoms with E-state index in [9.17, 15) is 24.2 Å². The van der Waals surface area contributed by atoms with Gasteiger partial charge >= 0.3 is 19.8 Å². The van der Waals surface area contributed by atoms with Gasteiger partial charge in [0.15, 0.2) is 6.10 Å². The van der Waals surface area contributed by atoms with Crippen LogP contribution in [-0.2, 0) is 32.7 Å². The first-order valence-electron chi connectivity index (χ1n) is 18.5. The zero-order valence-electron chi connectivity index (χ0n) is 30.6. The number of aliphatic hydroxyl groups is 2. The van der Waals surface area contributed by atoms with E-state index in [4.69, 9.17) is 19.1 Å². The van der Waals surface area contributed by atoms with E-state index in [1.54, 1.807) is 0 Å². The molecule has 11 heteroatoms. The summed E-state index contributed by atoms with van der Waals surface area (Å²) in [5.41, 5.74) is 0. The van der Waals surface area contributed by atoms with Crippen molar-refractivity contribution in [1.82, 2.24) is 0 Å². The lowest BCUT2D eigenvalue weighted by Gasteiger charge is -2.20. The lowest BCUT2D eigenvalue weighted by atomic mass is 10.1. The first kappa shape index (κ1) is 47.4. The molecule has 0 amide bonds. The van der Waals surface area contributed by atoms with E-state index in [0.717, 1.165) is 32.1 Å². The predicted molar refractivity (Wildman–Crippen MR) is 200 cm³/mol. The average molecular weight is 725 g/mol. The Morgan fingerprint density at radius 3 is 1.76 bits per heavy atom. The summed E-state index contributed by atoms with van der Waals surface area (Å²) >= 11 is 0. The number of aliphatic hydroxyl groups excluding tert-OH is 2.